The van der Waals surface area contributed by atoms with Crippen molar-refractivity contribution in [3.63, 3.8) is 0 Å². The molecule has 0 radical (unpaired) electrons. The van der Waals surface area contributed by atoms with Crippen LogP contribution in [0, 0.1) is 0 Å². The van der Waals surface area contributed by atoms with Gasteiger partial charge in [0.15, 0.2) is 0 Å². The molecule has 0 aliphatic carbocycles. The van der Waals surface area contributed by atoms with E-state index in [0.29, 0.717) is 25.3 Å². The average molecular weight is 566 g/mol. The van der Waals surface area contributed by atoms with Crippen molar-refractivity contribution in [3.05, 3.63) is 90.5 Å². The molecule has 2 aliphatic heterocycles. The zero-order valence-corrected chi connectivity index (χ0v) is 23.5. The largest absolute Gasteiger partial charge is 0.377 e. The van der Waals surface area contributed by atoms with Crippen molar-refractivity contribution in [1.82, 2.24) is 14.9 Å². The topological polar surface area (TPSA) is 87.7 Å². The van der Waals surface area contributed by atoms with Crippen LogP contribution in [0.25, 0.3) is 11.1 Å². The van der Waals surface area contributed by atoms with Crippen molar-refractivity contribution in [1.29, 1.82) is 0 Å². The summed E-state index contributed by atoms with van der Waals surface area (Å²) in [5, 5.41) is 5.79. The number of sulfonamides is 1. The number of nitrogens with zero attached hydrogens (tertiary/aromatic N) is 1. The van der Waals surface area contributed by atoms with Crippen molar-refractivity contribution < 1.29 is 17.9 Å². The molecule has 5 rings (SSSR count). The van der Waals surface area contributed by atoms with E-state index in [1.165, 1.54) is 16.1 Å². The van der Waals surface area contributed by atoms with Gasteiger partial charge in [0.2, 0.25) is 15.9 Å². The lowest BCUT2D eigenvalue weighted by Crippen LogP contribution is -2.46. The van der Waals surface area contributed by atoms with Gasteiger partial charge >= 0.3 is 0 Å². The van der Waals surface area contributed by atoms with Gasteiger partial charge in [0.05, 0.1) is 17.0 Å². The molecule has 39 heavy (non-hydrogen) atoms. The summed E-state index contributed by atoms with van der Waals surface area (Å²) in [7, 11) is -3.84. The SMILES string of the molecule is O=C(NC(CCNC[C@@H]1CCCO1)c1ccccc1)C1SCCN1S(=O)(=O)c1ccc(-c2ccccc2)cc1. The third kappa shape index (κ3) is 6.91. The fourth-order valence-electron chi connectivity index (χ4n) is 5.06. The minimum atomic E-state index is -3.84. The van der Waals surface area contributed by atoms with E-state index in [9.17, 15) is 13.2 Å². The third-order valence-electron chi connectivity index (χ3n) is 7.17. The zero-order valence-electron chi connectivity index (χ0n) is 21.9. The molecule has 2 heterocycles. The molecule has 3 atom stereocenters. The first-order valence-corrected chi connectivity index (χ1v) is 16.0. The van der Waals surface area contributed by atoms with Gasteiger partial charge in [-0.1, -0.05) is 72.8 Å². The third-order valence-corrected chi connectivity index (χ3v) is 10.4. The Morgan fingerprint density at radius 1 is 0.974 bits per heavy atom. The molecule has 206 valence electrons. The number of benzene rings is 3. The van der Waals surface area contributed by atoms with Gasteiger partial charge in [-0.2, -0.15) is 4.31 Å². The maximum atomic E-state index is 13.6. The number of carbonyl (C=O) groups is 1. The normalized spacial score (nSPS) is 20.6. The van der Waals surface area contributed by atoms with E-state index in [2.05, 4.69) is 10.6 Å². The highest BCUT2D eigenvalue weighted by atomic mass is 32.2. The van der Waals surface area contributed by atoms with Crippen molar-refractivity contribution in [2.45, 2.75) is 41.7 Å². The lowest BCUT2D eigenvalue weighted by atomic mass is 10.0. The maximum absolute atomic E-state index is 13.6. The number of ether oxygens (including phenoxy) is 1. The molecule has 0 bridgehead atoms. The van der Waals surface area contributed by atoms with Crippen LogP contribution in [0.5, 0.6) is 0 Å². The van der Waals surface area contributed by atoms with E-state index >= 15 is 0 Å². The number of hydrogen-bond donors (Lipinski definition) is 2. The molecule has 2 fully saturated rings. The van der Waals surface area contributed by atoms with Gasteiger partial charge in [-0.3, -0.25) is 4.79 Å². The Morgan fingerprint density at radius 3 is 2.36 bits per heavy atom. The molecular weight excluding hydrogens is 530 g/mol. The maximum Gasteiger partial charge on any atom is 0.249 e. The first-order valence-electron chi connectivity index (χ1n) is 13.5. The molecule has 0 aromatic heterocycles. The number of amides is 1. The predicted octanol–water partition coefficient (Wildman–Crippen LogP) is 4.43. The summed E-state index contributed by atoms with van der Waals surface area (Å²) in [6.07, 6.45) is 3.12. The van der Waals surface area contributed by atoms with Crippen LogP contribution in [0.3, 0.4) is 0 Å². The molecule has 2 unspecified atom stereocenters. The van der Waals surface area contributed by atoms with Crippen LogP contribution in [0.2, 0.25) is 0 Å². The van der Waals surface area contributed by atoms with Gasteiger partial charge in [0.25, 0.3) is 0 Å². The number of carbonyl (C=O) groups excluding carboxylic acids is 1. The zero-order chi connectivity index (χ0) is 27.1. The summed E-state index contributed by atoms with van der Waals surface area (Å²) in [4.78, 5) is 13.7. The van der Waals surface area contributed by atoms with Crippen LogP contribution in [-0.2, 0) is 19.6 Å². The monoisotopic (exact) mass is 565 g/mol. The Hall–Kier alpha value is -2.69. The molecular formula is C30H35N3O4S2. The van der Waals surface area contributed by atoms with Gasteiger partial charge in [0.1, 0.15) is 5.37 Å². The first kappa shape index (κ1) is 27.9. The summed E-state index contributed by atoms with van der Waals surface area (Å²) in [6, 6.07) is 26.3. The van der Waals surface area contributed by atoms with E-state index in [1.807, 2.05) is 72.8 Å². The Balaban J connectivity index is 1.26. The molecule has 3 aromatic carbocycles. The smallest absolute Gasteiger partial charge is 0.249 e. The quantitative estimate of drug-likeness (QED) is 0.335. The highest BCUT2D eigenvalue weighted by Crippen LogP contribution is 2.32. The summed E-state index contributed by atoms with van der Waals surface area (Å²) >= 11 is 1.37. The van der Waals surface area contributed by atoms with Crippen LogP contribution < -0.4 is 10.6 Å². The van der Waals surface area contributed by atoms with E-state index < -0.39 is 15.4 Å². The van der Waals surface area contributed by atoms with Crippen LogP contribution in [-0.4, -0.2) is 62.1 Å². The standard InChI is InChI=1S/C30H35N3O4S2/c34-29(32-28(25-10-5-2-6-11-25)17-18-31-22-26-12-7-20-37-26)30-33(19-21-38-30)39(35,36)27-15-13-24(14-16-27)23-8-3-1-4-9-23/h1-6,8-11,13-16,26,28,30-31H,7,12,17-22H2,(H,32,34)/t26-,28?,30?/m0/s1. The van der Waals surface area contributed by atoms with Gasteiger partial charge < -0.3 is 15.4 Å². The van der Waals surface area contributed by atoms with E-state index in [1.54, 1.807) is 12.1 Å². The van der Waals surface area contributed by atoms with Crippen LogP contribution in [0.4, 0.5) is 0 Å². The van der Waals surface area contributed by atoms with Gasteiger partial charge in [-0.05, 0) is 54.6 Å². The second-order valence-corrected chi connectivity index (χ2v) is 12.9. The van der Waals surface area contributed by atoms with E-state index in [-0.39, 0.29) is 22.9 Å². The van der Waals surface area contributed by atoms with Crippen molar-refractivity contribution in [2.24, 2.45) is 0 Å². The molecule has 0 spiro atoms. The Bertz CT molecular complexity index is 1320. The number of hydrogen-bond acceptors (Lipinski definition) is 6. The van der Waals surface area contributed by atoms with Crippen LogP contribution >= 0.6 is 11.8 Å². The summed E-state index contributed by atoms with van der Waals surface area (Å²) in [5.41, 5.74) is 2.96. The Labute approximate surface area is 235 Å². The van der Waals surface area contributed by atoms with Gasteiger partial charge in [-0.15, -0.1) is 11.8 Å². The molecule has 3 aromatic rings. The molecule has 9 heteroatoms. The fourth-order valence-corrected chi connectivity index (χ4v) is 8.14. The lowest BCUT2D eigenvalue weighted by Gasteiger charge is -2.26. The minimum Gasteiger partial charge on any atom is -0.377 e. The summed E-state index contributed by atoms with van der Waals surface area (Å²) in [6.45, 7) is 2.63. The van der Waals surface area contributed by atoms with Crippen molar-refractivity contribution >= 4 is 27.7 Å². The molecule has 1 amide bonds. The predicted molar refractivity (Wildman–Crippen MR) is 156 cm³/mol. The molecule has 7 nitrogen and oxygen atoms in total. The number of thioether (sulfide) groups is 1. The Morgan fingerprint density at radius 2 is 1.67 bits per heavy atom. The number of rotatable bonds is 11. The van der Waals surface area contributed by atoms with Crippen molar-refractivity contribution in [3.8, 4) is 11.1 Å². The van der Waals surface area contributed by atoms with Gasteiger partial charge in [-0.25, -0.2) is 8.42 Å². The van der Waals surface area contributed by atoms with Gasteiger partial charge in [0, 0.05) is 25.4 Å². The van der Waals surface area contributed by atoms with Crippen LogP contribution in [0.15, 0.2) is 89.8 Å². The molecule has 2 N–H and O–H groups in total. The minimum absolute atomic E-state index is 0.195. The van der Waals surface area contributed by atoms with E-state index in [4.69, 9.17) is 4.74 Å². The highest BCUT2D eigenvalue weighted by Gasteiger charge is 2.40. The lowest BCUT2D eigenvalue weighted by molar-refractivity contribution is -0.122. The fraction of sp³-hybridized carbons (Fsp3) is 0.367. The summed E-state index contributed by atoms with van der Waals surface area (Å²) < 4.78 is 34.2. The molecule has 2 aliphatic rings. The van der Waals surface area contributed by atoms with Crippen LogP contribution in [0.1, 0.15) is 30.9 Å². The number of nitrogens with one attached hydrogen (secondary N) is 2. The highest BCUT2D eigenvalue weighted by molar-refractivity contribution is 8.02. The summed E-state index contributed by atoms with van der Waals surface area (Å²) in [5.74, 6) is 0.285. The Kier molecular flexibility index (Phi) is 9.36. The first-order chi connectivity index (χ1) is 19.0. The second-order valence-electron chi connectivity index (χ2n) is 9.83. The average Bonchev–Trinajstić information content (AvgIpc) is 3.69. The molecule has 2 saturated heterocycles. The van der Waals surface area contributed by atoms with Crippen molar-refractivity contribution in [2.75, 3.05) is 32.0 Å². The molecule has 0 saturated carbocycles. The second kappa shape index (κ2) is 13.1. The van der Waals surface area contributed by atoms with E-state index in [0.717, 1.165) is 42.7 Å².